The van der Waals surface area contributed by atoms with Crippen LogP contribution in [0.3, 0.4) is 0 Å². The minimum Gasteiger partial charge on any atom is -0.277 e. The molecule has 3 nitrogen and oxygen atoms in total. The van der Waals surface area contributed by atoms with Crippen molar-refractivity contribution in [3.63, 3.8) is 0 Å². The van der Waals surface area contributed by atoms with E-state index in [9.17, 15) is 0 Å². The van der Waals surface area contributed by atoms with Crippen LogP contribution in [0.2, 0.25) is 0 Å². The lowest BCUT2D eigenvalue weighted by Crippen LogP contribution is -2.15. The SMILES string of the molecule is CC1(C)c2cc(-c3cccc4c5ccccc5n(-c5nc(-c6ccccc6)c6ccc7ccccc7c6n5)c34)ccc2-c2c1ccc1ccccc21. The van der Waals surface area contributed by atoms with Crippen molar-refractivity contribution in [3.8, 4) is 39.5 Å². The third-order valence-corrected chi connectivity index (χ3v) is 11.4. The molecule has 0 amide bonds. The molecule has 3 heteroatoms. The molecule has 8 aromatic carbocycles. The van der Waals surface area contributed by atoms with Crippen LogP contribution in [0.4, 0.5) is 0 Å². The molecule has 11 rings (SSSR count). The molecule has 0 unspecified atom stereocenters. The molecular formula is C49H33N3. The Morgan fingerprint density at radius 1 is 0.462 bits per heavy atom. The second kappa shape index (κ2) is 10.7. The molecule has 0 N–H and O–H groups in total. The number of hydrogen-bond acceptors (Lipinski definition) is 2. The Morgan fingerprint density at radius 2 is 1.15 bits per heavy atom. The van der Waals surface area contributed by atoms with E-state index in [1.165, 1.54) is 49.4 Å². The summed E-state index contributed by atoms with van der Waals surface area (Å²) in [6, 6.07) is 59.2. The quantitative estimate of drug-likeness (QED) is 0.176. The molecule has 0 atom stereocenters. The van der Waals surface area contributed by atoms with Crippen LogP contribution in [0.15, 0.2) is 164 Å². The molecule has 0 spiro atoms. The Bertz CT molecular complexity index is 3100. The predicted molar refractivity (Wildman–Crippen MR) is 217 cm³/mol. The summed E-state index contributed by atoms with van der Waals surface area (Å²) in [4.78, 5) is 10.9. The van der Waals surface area contributed by atoms with E-state index in [4.69, 9.17) is 9.97 Å². The van der Waals surface area contributed by atoms with Crippen LogP contribution < -0.4 is 0 Å². The first-order chi connectivity index (χ1) is 25.6. The maximum atomic E-state index is 5.46. The summed E-state index contributed by atoms with van der Waals surface area (Å²) < 4.78 is 2.30. The summed E-state index contributed by atoms with van der Waals surface area (Å²) >= 11 is 0. The van der Waals surface area contributed by atoms with Crippen LogP contribution in [0.25, 0.3) is 93.7 Å². The standard InChI is InChI=1S/C49H33N3/c1-49(2)41-28-25-30-13-6-8-17-34(30)44(41)39-26-24-33(29-42(39)49)36-20-12-21-38-37-19-10-11-22-43(37)52(47(36)38)48-50-45(32-15-4-3-5-16-32)40-27-23-31-14-7-9-18-35(31)46(40)51-48/h3-29H,1-2H3. The summed E-state index contributed by atoms with van der Waals surface area (Å²) in [7, 11) is 0. The van der Waals surface area contributed by atoms with Crippen molar-refractivity contribution in [1.29, 1.82) is 0 Å². The van der Waals surface area contributed by atoms with E-state index in [0.29, 0.717) is 5.95 Å². The van der Waals surface area contributed by atoms with Crippen molar-refractivity contribution in [3.05, 3.63) is 175 Å². The van der Waals surface area contributed by atoms with Crippen LogP contribution >= 0.6 is 0 Å². The molecule has 1 aliphatic carbocycles. The Hall–Kier alpha value is -6.58. The van der Waals surface area contributed by atoms with Crippen molar-refractivity contribution in [1.82, 2.24) is 14.5 Å². The number of benzene rings is 8. The van der Waals surface area contributed by atoms with Gasteiger partial charge in [-0.2, -0.15) is 0 Å². The van der Waals surface area contributed by atoms with Gasteiger partial charge in [-0.15, -0.1) is 0 Å². The normalized spacial score (nSPS) is 13.3. The molecule has 0 aliphatic heterocycles. The molecule has 1 aliphatic rings. The van der Waals surface area contributed by atoms with Crippen LogP contribution in [-0.2, 0) is 5.41 Å². The van der Waals surface area contributed by atoms with E-state index < -0.39 is 0 Å². The molecule has 0 saturated heterocycles. The predicted octanol–water partition coefficient (Wildman–Crippen LogP) is 12.7. The van der Waals surface area contributed by atoms with Crippen molar-refractivity contribution in [2.24, 2.45) is 0 Å². The fourth-order valence-electron chi connectivity index (χ4n) is 8.90. The van der Waals surface area contributed by atoms with Crippen LogP contribution in [0, 0.1) is 0 Å². The highest BCUT2D eigenvalue weighted by molar-refractivity contribution is 6.15. The second-order valence-corrected chi connectivity index (χ2v) is 14.6. The number of rotatable bonds is 3. The van der Waals surface area contributed by atoms with Crippen LogP contribution in [0.1, 0.15) is 25.0 Å². The lowest BCUT2D eigenvalue weighted by Gasteiger charge is -2.22. The Labute approximate surface area is 301 Å². The third kappa shape index (κ3) is 4.02. The summed E-state index contributed by atoms with van der Waals surface area (Å²) in [6.07, 6.45) is 0. The van der Waals surface area contributed by atoms with Gasteiger partial charge >= 0.3 is 0 Å². The zero-order chi connectivity index (χ0) is 34.6. The largest absolute Gasteiger partial charge is 0.277 e. The van der Waals surface area contributed by atoms with E-state index in [2.05, 4.69) is 182 Å². The minimum absolute atomic E-state index is 0.140. The smallest absolute Gasteiger partial charge is 0.235 e. The molecule has 10 aromatic rings. The number of nitrogens with zero attached hydrogens (tertiary/aromatic N) is 3. The minimum atomic E-state index is -0.140. The second-order valence-electron chi connectivity index (χ2n) is 14.6. The molecule has 0 fully saturated rings. The van der Waals surface area contributed by atoms with Gasteiger partial charge in [0.05, 0.1) is 22.2 Å². The molecule has 0 saturated carbocycles. The van der Waals surface area contributed by atoms with Crippen molar-refractivity contribution in [2.75, 3.05) is 0 Å². The highest BCUT2D eigenvalue weighted by Gasteiger charge is 2.36. The fourth-order valence-corrected chi connectivity index (χ4v) is 8.90. The van der Waals surface area contributed by atoms with Gasteiger partial charge in [-0.3, -0.25) is 4.57 Å². The summed E-state index contributed by atoms with van der Waals surface area (Å²) in [5, 5.41) is 8.29. The first-order valence-electron chi connectivity index (χ1n) is 18.0. The molecule has 0 radical (unpaired) electrons. The maximum absolute atomic E-state index is 5.46. The fraction of sp³-hybridized carbons (Fsp3) is 0.0612. The highest BCUT2D eigenvalue weighted by Crippen LogP contribution is 2.52. The van der Waals surface area contributed by atoms with Crippen molar-refractivity contribution >= 4 is 54.3 Å². The molecular weight excluding hydrogens is 631 g/mol. The Balaban J connectivity index is 1.22. The maximum Gasteiger partial charge on any atom is 0.235 e. The first-order valence-corrected chi connectivity index (χ1v) is 18.0. The van der Waals surface area contributed by atoms with E-state index in [-0.39, 0.29) is 5.41 Å². The molecule has 52 heavy (non-hydrogen) atoms. The number of hydrogen-bond donors (Lipinski definition) is 0. The van der Waals surface area contributed by atoms with Gasteiger partial charge in [0.15, 0.2) is 0 Å². The van der Waals surface area contributed by atoms with Crippen LogP contribution in [0.5, 0.6) is 0 Å². The van der Waals surface area contributed by atoms with E-state index in [1.807, 2.05) is 0 Å². The average molecular weight is 664 g/mol. The van der Waals surface area contributed by atoms with E-state index in [0.717, 1.165) is 49.5 Å². The van der Waals surface area contributed by atoms with Gasteiger partial charge in [0.25, 0.3) is 0 Å². The van der Waals surface area contributed by atoms with Gasteiger partial charge in [0, 0.05) is 38.1 Å². The zero-order valence-corrected chi connectivity index (χ0v) is 28.9. The molecule has 244 valence electrons. The van der Waals surface area contributed by atoms with E-state index >= 15 is 0 Å². The zero-order valence-electron chi connectivity index (χ0n) is 28.9. The Morgan fingerprint density at radius 3 is 2.00 bits per heavy atom. The highest BCUT2D eigenvalue weighted by atomic mass is 15.2. The first kappa shape index (κ1) is 29.2. The summed E-state index contributed by atoms with van der Waals surface area (Å²) in [5.41, 5.74) is 12.8. The van der Waals surface area contributed by atoms with Gasteiger partial charge in [0.2, 0.25) is 5.95 Å². The van der Waals surface area contributed by atoms with Gasteiger partial charge in [-0.1, -0.05) is 159 Å². The lowest BCUT2D eigenvalue weighted by molar-refractivity contribution is 0.661. The van der Waals surface area contributed by atoms with Crippen molar-refractivity contribution in [2.45, 2.75) is 19.3 Å². The van der Waals surface area contributed by atoms with Crippen molar-refractivity contribution < 1.29 is 0 Å². The molecule has 2 heterocycles. The molecule has 0 bridgehead atoms. The third-order valence-electron chi connectivity index (χ3n) is 11.4. The lowest BCUT2D eigenvalue weighted by atomic mass is 9.81. The number of aromatic nitrogens is 3. The average Bonchev–Trinajstić information content (AvgIpc) is 3.66. The van der Waals surface area contributed by atoms with Gasteiger partial charge in [-0.05, 0) is 62.2 Å². The van der Waals surface area contributed by atoms with Gasteiger partial charge < -0.3 is 0 Å². The summed E-state index contributed by atoms with van der Waals surface area (Å²) in [5.74, 6) is 0.668. The van der Waals surface area contributed by atoms with E-state index in [1.54, 1.807) is 0 Å². The number of para-hydroxylation sites is 2. The summed E-state index contributed by atoms with van der Waals surface area (Å²) in [6.45, 7) is 4.73. The van der Waals surface area contributed by atoms with Crippen LogP contribution in [-0.4, -0.2) is 14.5 Å². The molecule has 2 aromatic heterocycles. The number of fused-ring (bicyclic) bond motifs is 11. The van der Waals surface area contributed by atoms with Gasteiger partial charge in [-0.25, -0.2) is 9.97 Å². The topological polar surface area (TPSA) is 30.7 Å². The van der Waals surface area contributed by atoms with Gasteiger partial charge in [0.1, 0.15) is 0 Å². The Kier molecular flexibility index (Phi) is 6.01. The monoisotopic (exact) mass is 663 g/mol.